The Hall–Kier alpha value is -4.41. The van der Waals surface area contributed by atoms with Crippen LogP contribution in [-0.2, 0) is 33.9 Å². The van der Waals surface area contributed by atoms with Crippen molar-refractivity contribution in [3.8, 4) is 5.75 Å². The summed E-state index contributed by atoms with van der Waals surface area (Å²) in [6, 6.07) is 24.8. The third-order valence-corrected chi connectivity index (χ3v) is 7.42. The lowest BCUT2D eigenvalue weighted by atomic mass is 9.98. The molecule has 2 fully saturated rings. The third kappa shape index (κ3) is 6.67. The fourth-order valence-corrected chi connectivity index (χ4v) is 5.36. The highest BCUT2D eigenvalue weighted by atomic mass is 16.5. The summed E-state index contributed by atoms with van der Waals surface area (Å²) in [5, 5.41) is 15.9. The van der Waals surface area contributed by atoms with Crippen molar-refractivity contribution < 1.29 is 24.2 Å². The van der Waals surface area contributed by atoms with E-state index < -0.39 is 12.2 Å². The molecule has 10 nitrogen and oxygen atoms in total. The van der Waals surface area contributed by atoms with Gasteiger partial charge < -0.3 is 25.0 Å². The van der Waals surface area contributed by atoms with Gasteiger partial charge in [-0.3, -0.25) is 9.59 Å². The number of hydrazine groups is 1. The first-order chi connectivity index (χ1) is 19.9. The Morgan fingerprint density at radius 1 is 0.927 bits per heavy atom. The first kappa shape index (κ1) is 28.1. The van der Waals surface area contributed by atoms with Gasteiger partial charge in [0.15, 0.2) is 0 Å². The number of phenolic OH excluding ortho intramolecular Hbond substituents is 1. The molecule has 41 heavy (non-hydrogen) atoms. The number of benzene rings is 3. The molecule has 0 unspecified atom stereocenters. The maximum atomic E-state index is 13.8. The fraction of sp³-hybridized carbons (Fsp3) is 0.323. The molecule has 0 spiro atoms. The van der Waals surface area contributed by atoms with Crippen LogP contribution in [0.4, 0.5) is 4.79 Å². The Morgan fingerprint density at radius 2 is 1.59 bits per heavy atom. The monoisotopic (exact) mass is 557 g/mol. The lowest BCUT2D eigenvalue weighted by Gasteiger charge is -2.54. The Bertz CT molecular complexity index is 1340. The maximum absolute atomic E-state index is 13.8. The molecule has 0 saturated carbocycles. The summed E-state index contributed by atoms with van der Waals surface area (Å²) in [6.07, 6.45) is -0.433. The van der Waals surface area contributed by atoms with Gasteiger partial charge in [0.1, 0.15) is 18.0 Å². The third-order valence-electron chi connectivity index (χ3n) is 7.42. The summed E-state index contributed by atoms with van der Waals surface area (Å²) in [5.74, 6) is -0.294. The minimum atomic E-state index is -0.807. The lowest BCUT2D eigenvalue weighted by Crippen LogP contribution is -2.76. The van der Waals surface area contributed by atoms with E-state index in [0.717, 1.165) is 16.7 Å². The topological polar surface area (TPSA) is 106 Å². The van der Waals surface area contributed by atoms with Crippen LogP contribution < -0.4 is 5.32 Å². The Labute approximate surface area is 239 Å². The van der Waals surface area contributed by atoms with Crippen LogP contribution in [0, 0.1) is 0 Å². The van der Waals surface area contributed by atoms with E-state index in [1.54, 1.807) is 51.1 Å². The van der Waals surface area contributed by atoms with Gasteiger partial charge in [-0.15, -0.1) is 0 Å². The number of amides is 4. The molecule has 2 atom stereocenters. The summed E-state index contributed by atoms with van der Waals surface area (Å²) in [4.78, 5) is 44.0. The SMILES string of the molecule is CN1CC(=O)N2[C@@H](Cc3ccc(O)cc3)C(=O)N(CCOCc3ccccc3)C[C@@H]2N1C(=O)NCc1ccccc1. The van der Waals surface area contributed by atoms with Crippen molar-refractivity contribution in [3.63, 3.8) is 0 Å². The van der Waals surface area contributed by atoms with E-state index in [0.29, 0.717) is 26.3 Å². The Morgan fingerprint density at radius 3 is 2.27 bits per heavy atom. The number of fused-ring (bicyclic) bond motifs is 1. The van der Waals surface area contributed by atoms with E-state index in [1.807, 2.05) is 60.7 Å². The molecule has 0 aliphatic carbocycles. The van der Waals surface area contributed by atoms with Crippen LogP contribution in [0.3, 0.4) is 0 Å². The molecule has 214 valence electrons. The van der Waals surface area contributed by atoms with Gasteiger partial charge in [-0.2, -0.15) is 0 Å². The maximum Gasteiger partial charge on any atom is 0.334 e. The molecule has 0 radical (unpaired) electrons. The van der Waals surface area contributed by atoms with Gasteiger partial charge in [0, 0.05) is 26.6 Å². The average molecular weight is 558 g/mol. The molecular weight excluding hydrogens is 522 g/mol. The molecule has 2 saturated heterocycles. The highest BCUT2D eigenvalue weighted by Gasteiger charge is 2.50. The van der Waals surface area contributed by atoms with Crippen LogP contribution in [0.5, 0.6) is 5.75 Å². The van der Waals surface area contributed by atoms with Crippen molar-refractivity contribution in [3.05, 3.63) is 102 Å². The summed E-state index contributed by atoms with van der Waals surface area (Å²) in [6.45, 7) is 1.51. The summed E-state index contributed by atoms with van der Waals surface area (Å²) >= 11 is 0. The number of urea groups is 1. The number of aromatic hydroxyl groups is 1. The number of hydrogen-bond donors (Lipinski definition) is 2. The number of nitrogens with zero attached hydrogens (tertiary/aromatic N) is 4. The summed E-state index contributed by atoms with van der Waals surface area (Å²) in [7, 11) is 1.70. The number of phenols is 1. The van der Waals surface area contributed by atoms with E-state index in [2.05, 4.69) is 5.32 Å². The van der Waals surface area contributed by atoms with Crippen molar-refractivity contribution in [1.82, 2.24) is 25.1 Å². The molecule has 3 aromatic carbocycles. The van der Waals surface area contributed by atoms with Crippen molar-refractivity contribution in [2.75, 3.05) is 33.3 Å². The van der Waals surface area contributed by atoms with Crippen LogP contribution in [0.15, 0.2) is 84.9 Å². The second kappa shape index (κ2) is 12.8. The summed E-state index contributed by atoms with van der Waals surface area (Å²) in [5.41, 5.74) is 2.79. The number of ether oxygens (including phenoxy) is 1. The number of hydrogen-bond acceptors (Lipinski definition) is 6. The lowest BCUT2D eigenvalue weighted by molar-refractivity contribution is -0.187. The standard InChI is InChI=1S/C31H35N5O5/c1-33-21-29(38)35-27(18-23-12-14-26(37)15-13-23)30(39)34(16-17-41-22-25-10-6-3-7-11-25)20-28(35)36(33)31(40)32-19-24-8-4-2-5-9-24/h2-15,27-28,37H,16-22H2,1H3,(H,32,40)/t27-,28-/m0/s1. The largest absolute Gasteiger partial charge is 0.508 e. The van der Waals surface area contributed by atoms with Gasteiger partial charge in [-0.25, -0.2) is 14.8 Å². The van der Waals surface area contributed by atoms with Crippen LogP contribution in [0.1, 0.15) is 16.7 Å². The predicted octanol–water partition coefficient (Wildman–Crippen LogP) is 2.59. The zero-order chi connectivity index (χ0) is 28.8. The zero-order valence-electron chi connectivity index (χ0n) is 23.1. The van der Waals surface area contributed by atoms with Gasteiger partial charge in [0.05, 0.1) is 26.3 Å². The second-order valence-corrected chi connectivity index (χ2v) is 10.3. The van der Waals surface area contributed by atoms with E-state index in [1.165, 1.54) is 0 Å². The number of rotatable bonds is 9. The average Bonchev–Trinajstić information content (AvgIpc) is 2.98. The number of carbonyl (C=O) groups excluding carboxylic acids is 3. The molecule has 0 bridgehead atoms. The molecule has 0 aromatic heterocycles. The minimum absolute atomic E-state index is 0.0329. The quantitative estimate of drug-likeness (QED) is 0.392. The van der Waals surface area contributed by atoms with E-state index in [4.69, 9.17) is 4.74 Å². The van der Waals surface area contributed by atoms with Crippen molar-refractivity contribution in [1.29, 1.82) is 0 Å². The van der Waals surface area contributed by atoms with Crippen molar-refractivity contribution in [2.45, 2.75) is 31.8 Å². The van der Waals surface area contributed by atoms with Gasteiger partial charge >= 0.3 is 6.03 Å². The fourth-order valence-electron chi connectivity index (χ4n) is 5.36. The first-order valence-corrected chi connectivity index (χ1v) is 13.7. The highest BCUT2D eigenvalue weighted by Crippen LogP contribution is 2.28. The molecule has 2 aliphatic rings. The zero-order valence-corrected chi connectivity index (χ0v) is 23.1. The van der Waals surface area contributed by atoms with Crippen LogP contribution in [0.2, 0.25) is 0 Å². The Kier molecular flexibility index (Phi) is 8.81. The second-order valence-electron chi connectivity index (χ2n) is 10.3. The van der Waals surface area contributed by atoms with Crippen LogP contribution in [0.25, 0.3) is 0 Å². The van der Waals surface area contributed by atoms with Gasteiger partial charge in [-0.05, 0) is 28.8 Å². The molecule has 5 rings (SSSR count). The van der Waals surface area contributed by atoms with Gasteiger partial charge in [-0.1, -0.05) is 72.8 Å². The van der Waals surface area contributed by atoms with E-state index in [-0.39, 0.29) is 43.1 Å². The normalized spacial score (nSPS) is 19.3. The highest BCUT2D eigenvalue weighted by molar-refractivity contribution is 5.91. The van der Waals surface area contributed by atoms with Crippen molar-refractivity contribution >= 4 is 17.8 Å². The number of nitrogens with one attached hydrogen (secondary N) is 1. The van der Waals surface area contributed by atoms with Crippen molar-refractivity contribution in [2.24, 2.45) is 0 Å². The molecule has 10 heteroatoms. The number of likely N-dealkylation sites (N-methyl/N-ethyl adjacent to an activating group) is 1. The van der Waals surface area contributed by atoms with Gasteiger partial charge in [0.2, 0.25) is 11.8 Å². The predicted molar refractivity (Wildman–Crippen MR) is 152 cm³/mol. The molecule has 2 N–H and O–H groups in total. The minimum Gasteiger partial charge on any atom is -0.508 e. The molecule has 3 aromatic rings. The first-order valence-electron chi connectivity index (χ1n) is 13.7. The molecule has 2 aliphatic heterocycles. The number of piperazine rings is 1. The van der Waals surface area contributed by atoms with E-state index in [9.17, 15) is 19.5 Å². The van der Waals surface area contributed by atoms with E-state index >= 15 is 0 Å². The van der Waals surface area contributed by atoms with Gasteiger partial charge in [0.25, 0.3) is 0 Å². The molecule has 4 amide bonds. The Balaban J connectivity index is 1.36. The van der Waals surface area contributed by atoms with Crippen LogP contribution in [-0.4, -0.2) is 88.3 Å². The molecular formula is C31H35N5O5. The number of carbonyl (C=O) groups is 3. The molecule has 2 heterocycles. The summed E-state index contributed by atoms with van der Waals surface area (Å²) < 4.78 is 5.87. The smallest absolute Gasteiger partial charge is 0.334 e. The van der Waals surface area contributed by atoms with Crippen LogP contribution >= 0.6 is 0 Å².